The van der Waals surface area contributed by atoms with E-state index in [-0.39, 0.29) is 5.91 Å². The molecule has 0 atom stereocenters. The van der Waals surface area contributed by atoms with Gasteiger partial charge in [0.1, 0.15) is 11.4 Å². The lowest BCUT2D eigenvalue weighted by Crippen LogP contribution is -2.41. The average molecular weight is 403 g/mol. The van der Waals surface area contributed by atoms with Gasteiger partial charge in [-0.05, 0) is 67.6 Å². The standard InChI is InChI=1S/C24H25N3O3/c1-15-5-10-19(13-16(15)2)26-24(30)18-8-6-17(7-9-18)14-25-20-21(23(29)22(20)28)27-11-3-4-12-27/h5-10,13,25H,3-4,11-12,14H2,1-2H3,(H,26,30). The maximum Gasteiger partial charge on any atom is 0.255 e. The molecule has 4 rings (SSSR count). The summed E-state index contributed by atoms with van der Waals surface area (Å²) < 4.78 is 0. The zero-order valence-electron chi connectivity index (χ0n) is 17.2. The van der Waals surface area contributed by atoms with Crippen LogP contribution in [-0.4, -0.2) is 19.0 Å². The Balaban J connectivity index is 1.39. The van der Waals surface area contributed by atoms with Crippen LogP contribution >= 0.6 is 0 Å². The number of anilines is 3. The lowest BCUT2D eigenvalue weighted by atomic mass is 10.1. The normalized spacial score (nSPS) is 13.6. The zero-order chi connectivity index (χ0) is 21.3. The highest BCUT2D eigenvalue weighted by molar-refractivity contribution is 6.04. The molecule has 0 saturated carbocycles. The van der Waals surface area contributed by atoms with Gasteiger partial charge in [-0.2, -0.15) is 0 Å². The molecule has 154 valence electrons. The van der Waals surface area contributed by atoms with E-state index in [1.807, 2.05) is 49.1 Å². The highest BCUT2D eigenvalue weighted by Gasteiger charge is 2.27. The highest BCUT2D eigenvalue weighted by Crippen LogP contribution is 2.24. The van der Waals surface area contributed by atoms with Gasteiger partial charge in [0.25, 0.3) is 16.8 Å². The maximum absolute atomic E-state index is 12.5. The monoisotopic (exact) mass is 403 g/mol. The van der Waals surface area contributed by atoms with Crippen molar-refractivity contribution in [3.8, 4) is 0 Å². The second kappa shape index (κ2) is 8.14. The lowest BCUT2D eigenvalue weighted by Gasteiger charge is -2.22. The summed E-state index contributed by atoms with van der Waals surface area (Å²) in [5, 5.41) is 6.02. The van der Waals surface area contributed by atoms with Crippen molar-refractivity contribution in [2.24, 2.45) is 0 Å². The molecule has 30 heavy (non-hydrogen) atoms. The third-order valence-electron chi connectivity index (χ3n) is 5.76. The van der Waals surface area contributed by atoms with Crippen LogP contribution in [0, 0.1) is 13.8 Å². The Morgan fingerprint density at radius 1 is 0.933 bits per heavy atom. The molecule has 2 N–H and O–H groups in total. The van der Waals surface area contributed by atoms with Crippen LogP contribution in [0.15, 0.2) is 52.1 Å². The minimum absolute atomic E-state index is 0.170. The lowest BCUT2D eigenvalue weighted by molar-refractivity contribution is 0.102. The Bertz CT molecular complexity index is 1150. The van der Waals surface area contributed by atoms with E-state index in [9.17, 15) is 14.4 Å². The maximum atomic E-state index is 12.5. The molecule has 3 aromatic rings. The summed E-state index contributed by atoms with van der Waals surface area (Å²) in [6, 6.07) is 13.0. The van der Waals surface area contributed by atoms with Crippen LogP contribution < -0.4 is 26.4 Å². The molecule has 0 aliphatic carbocycles. The average Bonchev–Trinajstić information content (AvgIpc) is 3.27. The fourth-order valence-corrected chi connectivity index (χ4v) is 3.77. The van der Waals surface area contributed by atoms with Gasteiger partial charge in [-0.1, -0.05) is 18.2 Å². The van der Waals surface area contributed by atoms with Crippen molar-refractivity contribution in [1.29, 1.82) is 0 Å². The van der Waals surface area contributed by atoms with Gasteiger partial charge in [-0.25, -0.2) is 0 Å². The number of rotatable bonds is 6. The first-order chi connectivity index (χ1) is 14.4. The molecule has 1 amide bonds. The van der Waals surface area contributed by atoms with Crippen molar-refractivity contribution in [3.05, 3.63) is 85.2 Å². The molecule has 0 aromatic heterocycles. The van der Waals surface area contributed by atoms with Crippen LogP contribution in [0.2, 0.25) is 0 Å². The number of amides is 1. The number of hydrogen-bond donors (Lipinski definition) is 2. The van der Waals surface area contributed by atoms with Gasteiger partial charge < -0.3 is 15.5 Å². The van der Waals surface area contributed by atoms with Gasteiger partial charge >= 0.3 is 0 Å². The number of hydrogen-bond acceptors (Lipinski definition) is 5. The summed E-state index contributed by atoms with van der Waals surface area (Å²) >= 11 is 0. The Morgan fingerprint density at radius 2 is 1.63 bits per heavy atom. The van der Waals surface area contributed by atoms with E-state index in [1.54, 1.807) is 12.1 Å². The van der Waals surface area contributed by atoms with Crippen molar-refractivity contribution in [2.45, 2.75) is 33.2 Å². The van der Waals surface area contributed by atoms with Gasteiger partial charge in [-0.3, -0.25) is 14.4 Å². The van der Waals surface area contributed by atoms with Gasteiger partial charge in [-0.15, -0.1) is 0 Å². The molecule has 1 heterocycles. The molecule has 3 aromatic carbocycles. The van der Waals surface area contributed by atoms with Gasteiger partial charge in [0.05, 0.1) is 0 Å². The van der Waals surface area contributed by atoms with E-state index in [2.05, 4.69) is 10.6 Å². The van der Waals surface area contributed by atoms with Crippen LogP contribution in [0.4, 0.5) is 17.1 Å². The number of carbonyl (C=O) groups excluding carboxylic acids is 1. The summed E-state index contributed by atoms with van der Waals surface area (Å²) in [4.78, 5) is 38.4. The molecule has 6 nitrogen and oxygen atoms in total. The molecule has 1 aliphatic rings. The van der Waals surface area contributed by atoms with Crippen LogP contribution in [0.3, 0.4) is 0 Å². The number of carbonyl (C=O) groups is 1. The summed E-state index contributed by atoms with van der Waals surface area (Å²) in [5.41, 5.74) is 4.67. The van der Waals surface area contributed by atoms with Gasteiger partial charge in [0.2, 0.25) is 0 Å². The predicted octanol–water partition coefficient (Wildman–Crippen LogP) is 3.36. The second-order valence-electron chi connectivity index (χ2n) is 7.88. The van der Waals surface area contributed by atoms with E-state index in [4.69, 9.17) is 0 Å². The first-order valence-electron chi connectivity index (χ1n) is 10.2. The Hall–Kier alpha value is -3.41. The topological polar surface area (TPSA) is 78.5 Å². The number of nitrogens with one attached hydrogen (secondary N) is 2. The molecule has 1 fully saturated rings. The quantitative estimate of drug-likeness (QED) is 0.617. The first-order valence-corrected chi connectivity index (χ1v) is 10.2. The fraction of sp³-hybridized carbons (Fsp3) is 0.292. The molecule has 6 heteroatoms. The third kappa shape index (κ3) is 3.85. The van der Waals surface area contributed by atoms with Crippen molar-refractivity contribution in [1.82, 2.24) is 0 Å². The summed E-state index contributed by atoms with van der Waals surface area (Å²) in [5.74, 6) is -0.170. The van der Waals surface area contributed by atoms with Crippen molar-refractivity contribution in [3.63, 3.8) is 0 Å². The molecule has 1 aliphatic heterocycles. The van der Waals surface area contributed by atoms with E-state index in [1.165, 1.54) is 5.56 Å². The van der Waals surface area contributed by atoms with Crippen molar-refractivity contribution >= 4 is 23.0 Å². The van der Waals surface area contributed by atoms with E-state index in [0.717, 1.165) is 42.7 Å². The number of aryl methyl sites for hydroxylation is 2. The van der Waals surface area contributed by atoms with Crippen molar-refractivity contribution in [2.75, 3.05) is 28.6 Å². The Kier molecular flexibility index (Phi) is 5.40. The minimum Gasteiger partial charge on any atom is -0.376 e. The van der Waals surface area contributed by atoms with Crippen LogP contribution in [0.1, 0.15) is 39.9 Å². The van der Waals surface area contributed by atoms with E-state index in [0.29, 0.717) is 23.5 Å². The molecule has 0 radical (unpaired) electrons. The fourth-order valence-electron chi connectivity index (χ4n) is 3.77. The SMILES string of the molecule is Cc1ccc(NC(=O)c2ccc(CNc3c(N4CCCC4)c(=O)c3=O)cc2)cc1C. The van der Waals surface area contributed by atoms with Gasteiger partial charge in [0, 0.05) is 30.9 Å². The summed E-state index contributed by atoms with van der Waals surface area (Å²) in [7, 11) is 0. The summed E-state index contributed by atoms with van der Waals surface area (Å²) in [6.45, 7) is 6.11. The molecular weight excluding hydrogens is 378 g/mol. The minimum atomic E-state index is -0.443. The Morgan fingerprint density at radius 3 is 2.30 bits per heavy atom. The largest absolute Gasteiger partial charge is 0.376 e. The molecular formula is C24H25N3O3. The van der Waals surface area contributed by atoms with Crippen molar-refractivity contribution < 1.29 is 4.79 Å². The molecule has 0 bridgehead atoms. The molecule has 0 unspecified atom stereocenters. The number of nitrogens with zero attached hydrogens (tertiary/aromatic N) is 1. The molecule has 1 saturated heterocycles. The highest BCUT2D eigenvalue weighted by atomic mass is 16.2. The van der Waals surface area contributed by atoms with Gasteiger partial charge in [0.15, 0.2) is 0 Å². The summed E-state index contributed by atoms with van der Waals surface area (Å²) in [6.07, 6.45) is 2.09. The van der Waals surface area contributed by atoms with E-state index < -0.39 is 10.9 Å². The van der Waals surface area contributed by atoms with Crippen LogP contribution in [0.25, 0.3) is 0 Å². The van der Waals surface area contributed by atoms with Crippen LogP contribution in [-0.2, 0) is 6.54 Å². The third-order valence-corrected chi connectivity index (χ3v) is 5.76. The second-order valence-corrected chi connectivity index (χ2v) is 7.88. The van der Waals surface area contributed by atoms with E-state index >= 15 is 0 Å². The number of benzene rings is 2. The van der Waals surface area contributed by atoms with Crippen LogP contribution in [0.5, 0.6) is 0 Å². The predicted molar refractivity (Wildman–Crippen MR) is 120 cm³/mol. The zero-order valence-corrected chi connectivity index (χ0v) is 17.2. The smallest absolute Gasteiger partial charge is 0.255 e. The Labute approximate surface area is 175 Å². The first kappa shape index (κ1) is 19.9. The molecule has 0 spiro atoms.